The van der Waals surface area contributed by atoms with Crippen molar-refractivity contribution < 1.29 is 27.6 Å². The minimum Gasteiger partial charge on any atom is -0.346 e. The predicted molar refractivity (Wildman–Crippen MR) is 170 cm³/mol. The van der Waals surface area contributed by atoms with Crippen molar-refractivity contribution in [2.24, 2.45) is 39.9 Å². The lowest BCUT2D eigenvalue weighted by Gasteiger charge is -2.46. The van der Waals surface area contributed by atoms with Gasteiger partial charge in [0.2, 0.25) is 27.6 Å². The van der Waals surface area contributed by atoms with Crippen molar-refractivity contribution in [3.63, 3.8) is 0 Å². The summed E-state index contributed by atoms with van der Waals surface area (Å²) in [5.41, 5.74) is -1.14. The van der Waals surface area contributed by atoms with E-state index >= 15 is 0 Å². The molecule has 3 unspecified atom stereocenters. The van der Waals surface area contributed by atoms with Crippen LogP contribution in [-0.2, 0) is 29.2 Å². The second kappa shape index (κ2) is 13.0. The number of ketones is 1. The Morgan fingerprint density at radius 2 is 1.75 bits per heavy atom. The minimum absolute atomic E-state index is 0.0851. The number of hydrogen-bond acceptors (Lipinski definition) is 6. The molecule has 3 amide bonds. The Balaban J connectivity index is 1.96. The van der Waals surface area contributed by atoms with Crippen molar-refractivity contribution in [2.45, 2.75) is 86.7 Å². The second-order valence-electron chi connectivity index (χ2n) is 15.4. The van der Waals surface area contributed by atoms with Gasteiger partial charge in [-0.2, -0.15) is 0 Å². The van der Waals surface area contributed by atoms with E-state index in [4.69, 9.17) is 6.42 Å². The number of Topliss-reactive ketones (excluding diaryl/α,β-unsaturated/α-hetero) is 1. The molecule has 11 heteroatoms. The van der Waals surface area contributed by atoms with Gasteiger partial charge in [-0.3, -0.25) is 19.2 Å². The van der Waals surface area contributed by atoms with Crippen LogP contribution in [0.1, 0.15) is 74.7 Å². The van der Waals surface area contributed by atoms with Crippen LogP contribution in [-0.4, -0.2) is 85.1 Å². The smallest absolute Gasteiger partial charge is 0.289 e. The Morgan fingerprint density at radius 1 is 1.11 bits per heavy atom. The third kappa shape index (κ3) is 7.39. The number of nitrogens with zero attached hydrogens (tertiary/aromatic N) is 2. The quantitative estimate of drug-likeness (QED) is 0.193. The number of piperidine rings is 1. The Hall–Kier alpha value is -2.71. The summed E-state index contributed by atoms with van der Waals surface area (Å²) in [4.78, 5) is 56.0. The highest BCUT2D eigenvalue weighted by molar-refractivity contribution is 7.89. The molecule has 2 saturated heterocycles. The maximum Gasteiger partial charge on any atom is 0.289 e. The molecule has 1 aliphatic carbocycles. The largest absolute Gasteiger partial charge is 0.346 e. The number of carbonyl (C=O) groups excluding carboxylic acids is 4. The van der Waals surface area contributed by atoms with Gasteiger partial charge in [-0.05, 0) is 46.8 Å². The Morgan fingerprint density at radius 3 is 2.25 bits per heavy atom. The van der Waals surface area contributed by atoms with Crippen molar-refractivity contribution in [2.75, 3.05) is 31.9 Å². The maximum atomic E-state index is 14.7. The van der Waals surface area contributed by atoms with Crippen LogP contribution in [0, 0.1) is 52.3 Å². The fourth-order valence-corrected chi connectivity index (χ4v) is 8.84. The van der Waals surface area contributed by atoms with Gasteiger partial charge in [-0.25, -0.2) is 12.7 Å². The minimum atomic E-state index is -3.39. The topological polar surface area (TPSA) is 133 Å². The van der Waals surface area contributed by atoms with E-state index < -0.39 is 56.5 Å². The molecule has 0 aromatic heterocycles. The van der Waals surface area contributed by atoms with Gasteiger partial charge in [-0.1, -0.05) is 61.5 Å². The molecule has 0 aromatic rings. The average Bonchev–Trinajstić information content (AvgIpc) is 3.21. The lowest BCUT2D eigenvalue weighted by molar-refractivity contribution is -0.151. The van der Waals surface area contributed by atoms with Crippen LogP contribution in [0.4, 0.5) is 0 Å². The Labute approximate surface area is 264 Å². The molecule has 10 nitrogen and oxygen atoms in total. The van der Waals surface area contributed by atoms with Crippen LogP contribution in [0.25, 0.3) is 0 Å². The van der Waals surface area contributed by atoms with E-state index in [0.717, 1.165) is 0 Å². The van der Waals surface area contributed by atoms with E-state index in [2.05, 4.69) is 37.0 Å². The number of likely N-dealkylation sites (tertiary alicyclic amines) is 1. The molecule has 3 rings (SSSR count). The van der Waals surface area contributed by atoms with E-state index in [9.17, 15) is 27.6 Å². The summed E-state index contributed by atoms with van der Waals surface area (Å²) in [7, 11) is -3.39. The molecule has 6 atom stereocenters. The second-order valence-corrected chi connectivity index (χ2v) is 17.5. The van der Waals surface area contributed by atoms with Crippen molar-refractivity contribution in [1.82, 2.24) is 19.8 Å². The first-order chi connectivity index (χ1) is 20.2. The summed E-state index contributed by atoms with van der Waals surface area (Å²) in [6.45, 7) is 20.9. The molecule has 0 bridgehead atoms. The van der Waals surface area contributed by atoms with E-state index in [1.54, 1.807) is 4.90 Å². The molecular weight excluding hydrogens is 580 g/mol. The number of terminal acetylenes is 1. The van der Waals surface area contributed by atoms with Crippen molar-refractivity contribution in [3.8, 4) is 12.3 Å². The summed E-state index contributed by atoms with van der Waals surface area (Å²) in [5.74, 6) is -0.657. The fraction of sp³-hybridized carbons (Fsp3) is 0.758. The number of nitrogens with one attached hydrogen (secondary N) is 2. The molecule has 44 heavy (non-hydrogen) atoms. The fourth-order valence-electron chi connectivity index (χ4n) is 7.30. The number of fused-ring (bicyclic) bond motifs is 1. The zero-order valence-electron chi connectivity index (χ0n) is 27.7. The monoisotopic (exact) mass is 632 g/mol. The first kappa shape index (κ1) is 35.8. The van der Waals surface area contributed by atoms with Crippen LogP contribution >= 0.6 is 0 Å². The van der Waals surface area contributed by atoms with Crippen molar-refractivity contribution in [1.29, 1.82) is 0 Å². The van der Waals surface area contributed by atoms with Gasteiger partial charge in [0, 0.05) is 38.5 Å². The lowest BCUT2D eigenvalue weighted by atomic mass is 9.63. The molecule has 3 aliphatic rings. The molecule has 2 heterocycles. The normalized spacial score (nSPS) is 26.1. The summed E-state index contributed by atoms with van der Waals surface area (Å²) >= 11 is 0. The lowest BCUT2D eigenvalue weighted by Crippen LogP contribution is -2.58. The highest BCUT2D eigenvalue weighted by atomic mass is 32.2. The van der Waals surface area contributed by atoms with E-state index in [0.29, 0.717) is 19.5 Å². The first-order valence-corrected chi connectivity index (χ1v) is 17.3. The molecular formula is C33H52N4O6S. The Bertz CT molecular complexity index is 1300. The molecule has 1 saturated carbocycles. The molecule has 246 valence electrons. The summed E-state index contributed by atoms with van der Waals surface area (Å²) < 4.78 is 27.2. The third-order valence-electron chi connectivity index (χ3n) is 9.92. The van der Waals surface area contributed by atoms with Crippen molar-refractivity contribution >= 4 is 33.5 Å². The number of hydrogen-bond donors (Lipinski definition) is 2. The molecule has 0 spiro atoms. The Kier molecular flexibility index (Phi) is 10.5. The van der Waals surface area contributed by atoms with Gasteiger partial charge in [-0.15, -0.1) is 18.9 Å². The zero-order valence-corrected chi connectivity index (χ0v) is 28.6. The third-order valence-corrected chi connectivity index (χ3v) is 11.8. The van der Waals surface area contributed by atoms with Crippen LogP contribution in [0.3, 0.4) is 0 Å². The molecule has 3 fully saturated rings. The first-order valence-electron chi connectivity index (χ1n) is 15.6. The van der Waals surface area contributed by atoms with Gasteiger partial charge >= 0.3 is 0 Å². The van der Waals surface area contributed by atoms with Crippen LogP contribution in [0.15, 0.2) is 12.7 Å². The highest BCUT2D eigenvalue weighted by Crippen LogP contribution is 2.65. The highest BCUT2D eigenvalue weighted by Gasteiger charge is 2.70. The molecule has 0 aromatic carbocycles. The standard InChI is InChI=1S/C33H52N4O6S/c1-11-13-15-23(27(38)29(40)34-16-12-2)35-28(39)26-24-22(33(24,9)10)20-37(26)30(41)25(32(6,7)8)21(31(3,4)5)19-36-17-14-18-44(36,42)43/h1,12,21-26H,2,13-20H2,3-10H3,(H,34,40)(H,35,39)/t21-,22?,23?,24-,25?,26-/m0/s1. The predicted octanol–water partition coefficient (Wildman–Crippen LogP) is 2.60. The van der Waals surface area contributed by atoms with E-state index in [1.165, 1.54) is 10.4 Å². The molecule has 2 N–H and O–H groups in total. The van der Waals surface area contributed by atoms with Crippen LogP contribution < -0.4 is 10.6 Å². The maximum absolute atomic E-state index is 14.7. The van der Waals surface area contributed by atoms with Gasteiger partial charge in [0.05, 0.1) is 11.8 Å². The van der Waals surface area contributed by atoms with Crippen molar-refractivity contribution in [3.05, 3.63) is 12.7 Å². The summed E-state index contributed by atoms with van der Waals surface area (Å²) in [5, 5.41) is 5.25. The SMILES string of the molecule is C#CCCC(NC(=O)[C@@H]1[C@@H]2C(CN1C(=O)C([C@H](CN1CCCS1(=O)=O)C(C)(C)C)C(C)(C)C)C2(C)C)C(=O)C(=O)NCC=C. The van der Waals surface area contributed by atoms with E-state index in [1.807, 2.05) is 41.5 Å². The summed E-state index contributed by atoms with van der Waals surface area (Å²) in [6, 6.07) is -1.97. The van der Waals surface area contributed by atoms with Gasteiger partial charge < -0.3 is 15.5 Å². The zero-order chi connectivity index (χ0) is 33.4. The van der Waals surface area contributed by atoms with Crippen LogP contribution in [0.5, 0.6) is 0 Å². The van der Waals surface area contributed by atoms with Gasteiger partial charge in [0.25, 0.3) is 5.91 Å². The van der Waals surface area contributed by atoms with Crippen LogP contribution in [0.2, 0.25) is 0 Å². The number of rotatable bonds is 12. The average molecular weight is 633 g/mol. The number of sulfonamides is 1. The molecule has 0 radical (unpaired) electrons. The van der Waals surface area contributed by atoms with Gasteiger partial charge in [0.1, 0.15) is 6.04 Å². The van der Waals surface area contributed by atoms with Gasteiger partial charge in [0.15, 0.2) is 0 Å². The van der Waals surface area contributed by atoms with E-state index in [-0.39, 0.29) is 60.8 Å². The molecule has 2 aliphatic heterocycles. The number of amides is 3. The summed E-state index contributed by atoms with van der Waals surface area (Å²) in [6.07, 6.45) is 7.72. The number of carbonyl (C=O) groups is 4.